The number of likely N-dealkylation sites (tertiary alicyclic amines) is 1. The minimum Gasteiger partial charge on any atom is -0.494 e. The number of carbonyl (C=O) groups is 1. The van der Waals surface area contributed by atoms with E-state index in [-0.39, 0.29) is 11.8 Å². The van der Waals surface area contributed by atoms with Crippen molar-refractivity contribution in [3.05, 3.63) is 65.5 Å². The van der Waals surface area contributed by atoms with E-state index in [9.17, 15) is 4.79 Å². The molecule has 1 aliphatic rings. The van der Waals surface area contributed by atoms with E-state index in [0.717, 1.165) is 41.8 Å². The van der Waals surface area contributed by atoms with Gasteiger partial charge in [0, 0.05) is 18.7 Å². The first-order valence-corrected chi connectivity index (χ1v) is 11.2. The number of ether oxygens (including phenoxy) is 1. The van der Waals surface area contributed by atoms with E-state index in [0.29, 0.717) is 38.0 Å². The zero-order chi connectivity index (χ0) is 22.3. The van der Waals surface area contributed by atoms with Crippen molar-refractivity contribution in [2.45, 2.75) is 39.8 Å². The second kappa shape index (κ2) is 10.4. The molecule has 0 saturated carbocycles. The number of piperidine rings is 1. The van der Waals surface area contributed by atoms with Crippen LogP contribution < -0.4 is 10.1 Å². The van der Waals surface area contributed by atoms with Crippen molar-refractivity contribution in [2.75, 3.05) is 19.7 Å². The summed E-state index contributed by atoms with van der Waals surface area (Å²) in [6.45, 7) is 7.29. The fraction of sp³-hybridized carbons (Fsp3) is 0.400. The second-order valence-corrected chi connectivity index (χ2v) is 8.25. The summed E-state index contributed by atoms with van der Waals surface area (Å²) in [6.07, 6.45) is 1.86. The maximum atomic E-state index is 12.8. The van der Waals surface area contributed by atoms with Crippen molar-refractivity contribution in [3.8, 4) is 17.1 Å². The zero-order valence-corrected chi connectivity index (χ0v) is 18.7. The molecule has 1 N–H and O–H groups in total. The SMILES string of the molecule is CCOc1cccc(CNC(=O)C2CCCN(Cc3nc(-c4cccc(C)c4)no3)C2)c1. The number of carbonyl (C=O) groups excluding carboxylic acids is 1. The Morgan fingerprint density at radius 2 is 2.12 bits per heavy atom. The number of aromatic nitrogens is 2. The van der Waals surface area contributed by atoms with E-state index < -0.39 is 0 Å². The molecule has 32 heavy (non-hydrogen) atoms. The molecule has 1 aliphatic heterocycles. The molecule has 0 bridgehead atoms. The van der Waals surface area contributed by atoms with Crippen LogP contribution in [0.25, 0.3) is 11.4 Å². The summed E-state index contributed by atoms with van der Waals surface area (Å²) in [5.41, 5.74) is 3.14. The Hall–Kier alpha value is -3.19. The predicted octanol–water partition coefficient (Wildman–Crippen LogP) is 3.97. The molecule has 1 atom stereocenters. The summed E-state index contributed by atoms with van der Waals surface area (Å²) >= 11 is 0. The van der Waals surface area contributed by atoms with Gasteiger partial charge >= 0.3 is 0 Å². The predicted molar refractivity (Wildman–Crippen MR) is 122 cm³/mol. The van der Waals surface area contributed by atoms with Gasteiger partial charge in [-0.1, -0.05) is 41.1 Å². The number of rotatable bonds is 8. The van der Waals surface area contributed by atoms with Crippen molar-refractivity contribution in [1.82, 2.24) is 20.4 Å². The first-order valence-electron chi connectivity index (χ1n) is 11.2. The quantitative estimate of drug-likeness (QED) is 0.578. The third-order valence-corrected chi connectivity index (χ3v) is 5.66. The molecule has 1 aromatic heterocycles. The van der Waals surface area contributed by atoms with Crippen molar-refractivity contribution < 1.29 is 14.1 Å². The topological polar surface area (TPSA) is 80.5 Å². The number of nitrogens with zero attached hydrogens (tertiary/aromatic N) is 3. The van der Waals surface area contributed by atoms with Crippen LogP contribution in [0.3, 0.4) is 0 Å². The van der Waals surface area contributed by atoms with E-state index >= 15 is 0 Å². The van der Waals surface area contributed by atoms with E-state index in [4.69, 9.17) is 9.26 Å². The van der Waals surface area contributed by atoms with Gasteiger partial charge in [-0.05, 0) is 57.0 Å². The molecule has 0 radical (unpaired) electrons. The number of aryl methyl sites for hydroxylation is 1. The third-order valence-electron chi connectivity index (χ3n) is 5.66. The average molecular weight is 435 g/mol. The van der Waals surface area contributed by atoms with E-state index in [1.807, 2.05) is 62.4 Å². The van der Waals surface area contributed by atoms with Crippen LogP contribution in [0.5, 0.6) is 5.75 Å². The van der Waals surface area contributed by atoms with Crippen LogP contribution in [0.2, 0.25) is 0 Å². The first-order chi connectivity index (χ1) is 15.6. The number of benzene rings is 2. The van der Waals surface area contributed by atoms with Crippen LogP contribution in [-0.4, -0.2) is 40.6 Å². The average Bonchev–Trinajstić information content (AvgIpc) is 3.27. The first kappa shape index (κ1) is 22.0. The fourth-order valence-electron chi connectivity index (χ4n) is 4.07. The van der Waals surface area contributed by atoms with Crippen LogP contribution in [0.1, 0.15) is 36.8 Å². The Labute approximate surface area is 188 Å². The van der Waals surface area contributed by atoms with Crippen LogP contribution in [0.15, 0.2) is 53.1 Å². The lowest BCUT2D eigenvalue weighted by Crippen LogP contribution is -2.42. The third kappa shape index (κ3) is 5.73. The van der Waals surface area contributed by atoms with Crippen LogP contribution in [0, 0.1) is 12.8 Å². The molecular formula is C25H30N4O3. The summed E-state index contributed by atoms with van der Waals surface area (Å²) in [6, 6.07) is 15.9. The molecular weight excluding hydrogens is 404 g/mol. The molecule has 0 spiro atoms. The Bertz CT molecular complexity index is 1050. The molecule has 0 aliphatic carbocycles. The minimum absolute atomic E-state index is 0.0435. The second-order valence-electron chi connectivity index (χ2n) is 8.25. The van der Waals surface area contributed by atoms with Crippen LogP contribution in [-0.2, 0) is 17.9 Å². The molecule has 7 heteroatoms. The van der Waals surface area contributed by atoms with Gasteiger partial charge in [-0.2, -0.15) is 4.98 Å². The fourth-order valence-corrected chi connectivity index (χ4v) is 4.07. The summed E-state index contributed by atoms with van der Waals surface area (Å²) in [5, 5.41) is 7.21. The van der Waals surface area contributed by atoms with Gasteiger partial charge in [-0.3, -0.25) is 9.69 Å². The molecule has 7 nitrogen and oxygen atoms in total. The van der Waals surface area contributed by atoms with Crippen molar-refractivity contribution in [1.29, 1.82) is 0 Å². The van der Waals surface area contributed by atoms with Gasteiger partial charge in [-0.25, -0.2) is 0 Å². The van der Waals surface area contributed by atoms with E-state index in [1.54, 1.807) is 0 Å². The highest BCUT2D eigenvalue weighted by Crippen LogP contribution is 2.21. The molecule has 3 aromatic rings. The lowest BCUT2D eigenvalue weighted by atomic mass is 9.97. The maximum Gasteiger partial charge on any atom is 0.241 e. The largest absolute Gasteiger partial charge is 0.494 e. The molecule has 2 aromatic carbocycles. The van der Waals surface area contributed by atoms with Crippen LogP contribution >= 0.6 is 0 Å². The Morgan fingerprint density at radius 1 is 1.25 bits per heavy atom. The van der Waals surface area contributed by atoms with Gasteiger partial charge in [0.2, 0.25) is 17.6 Å². The number of amides is 1. The standard InChI is InChI=1S/C25H30N4O3/c1-3-31-22-11-5-8-19(14-22)15-26-25(30)21-10-6-12-29(16-21)17-23-27-24(28-32-23)20-9-4-7-18(2)13-20/h4-5,7-9,11,13-14,21H,3,6,10,12,15-17H2,1-2H3,(H,26,30). The van der Waals surface area contributed by atoms with Gasteiger partial charge in [0.25, 0.3) is 0 Å². The zero-order valence-electron chi connectivity index (χ0n) is 18.7. The highest BCUT2D eigenvalue weighted by molar-refractivity contribution is 5.79. The highest BCUT2D eigenvalue weighted by atomic mass is 16.5. The molecule has 168 valence electrons. The van der Waals surface area contributed by atoms with Crippen LogP contribution in [0.4, 0.5) is 0 Å². The maximum absolute atomic E-state index is 12.8. The Kier molecular flexibility index (Phi) is 7.17. The molecule has 1 unspecified atom stereocenters. The molecule has 2 heterocycles. The summed E-state index contributed by atoms with van der Waals surface area (Å²) in [7, 11) is 0. The molecule has 1 amide bonds. The van der Waals surface area contributed by atoms with Gasteiger partial charge < -0.3 is 14.6 Å². The molecule has 1 saturated heterocycles. The number of hydrogen-bond acceptors (Lipinski definition) is 6. The summed E-state index contributed by atoms with van der Waals surface area (Å²) in [5.74, 6) is 2.05. The Morgan fingerprint density at radius 3 is 2.97 bits per heavy atom. The van der Waals surface area contributed by atoms with Gasteiger partial charge in [0.15, 0.2) is 0 Å². The lowest BCUT2D eigenvalue weighted by molar-refractivity contribution is -0.127. The van der Waals surface area contributed by atoms with E-state index in [2.05, 4.69) is 20.4 Å². The molecule has 1 fully saturated rings. The van der Waals surface area contributed by atoms with E-state index in [1.165, 1.54) is 0 Å². The van der Waals surface area contributed by atoms with Gasteiger partial charge in [0.1, 0.15) is 5.75 Å². The van der Waals surface area contributed by atoms with Crippen molar-refractivity contribution >= 4 is 5.91 Å². The van der Waals surface area contributed by atoms with Gasteiger partial charge in [-0.15, -0.1) is 0 Å². The van der Waals surface area contributed by atoms with Gasteiger partial charge in [0.05, 0.1) is 19.1 Å². The number of hydrogen-bond donors (Lipinski definition) is 1. The lowest BCUT2D eigenvalue weighted by Gasteiger charge is -2.30. The molecule has 4 rings (SSSR count). The Balaban J connectivity index is 1.30. The minimum atomic E-state index is -0.0435. The van der Waals surface area contributed by atoms with Crippen molar-refractivity contribution in [3.63, 3.8) is 0 Å². The highest BCUT2D eigenvalue weighted by Gasteiger charge is 2.26. The monoisotopic (exact) mass is 434 g/mol. The van der Waals surface area contributed by atoms with Crippen molar-refractivity contribution in [2.24, 2.45) is 5.92 Å². The number of nitrogens with one attached hydrogen (secondary N) is 1. The smallest absolute Gasteiger partial charge is 0.241 e. The summed E-state index contributed by atoms with van der Waals surface area (Å²) < 4.78 is 11.0. The summed E-state index contributed by atoms with van der Waals surface area (Å²) in [4.78, 5) is 19.6. The normalized spacial score (nSPS) is 16.6.